The van der Waals surface area contributed by atoms with Gasteiger partial charge in [-0.15, -0.1) is 0 Å². The lowest BCUT2D eigenvalue weighted by Crippen LogP contribution is -2.45. The van der Waals surface area contributed by atoms with E-state index >= 15 is 0 Å². The molecule has 3 N–H and O–H groups in total. The summed E-state index contributed by atoms with van der Waals surface area (Å²) >= 11 is 0. The van der Waals surface area contributed by atoms with Crippen LogP contribution in [-0.4, -0.2) is 47.4 Å². The minimum absolute atomic E-state index is 0.0123. The molecule has 2 atom stereocenters. The summed E-state index contributed by atoms with van der Waals surface area (Å²) < 4.78 is 5.50. The smallest absolute Gasteiger partial charge is 0.305 e. The number of aliphatic hydroxyl groups is 2. The molecule has 6 nitrogen and oxygen atoms in total. The monoisotopic (exact) mass is 1000 g/mol. The van der Waals surface area contributed by atoms with Gasteiger partial charge in [-0.3, -0.25) is 9.59 Å². The molecular formula is C65H127NO5. The summed E-state index contributed by atoms with van der Waals surface area (Å²) in [5.74, 6) is -0.0202. The second-order valence-corrected chi connectivity index (χ2v) is 22.5. The fourth-order valence-electron chi connectivity index (χ4n) is 10.3. The van der Waals surface area contributed by atoms with Crippen molar-refractivity contribution >= 4 is 11.9 Å². The Labute approximate surface area is 444 Å². The first kappa shape index (κ1) is 69.6. The van der Waals surface area contributed by atoms with Crippen LogP contribution in [0.4, 0.5) is 0 Å². The van der Waals surface area contributed by atoms with Gasteiger partial charge in [-0.05, 0) is 51.4 Å². The summed E-state index contributed by atoms with van der Waals surface area (Å²) in [7, 11) is 0. The number of carbonyl (C=O) groups excluding carboxylic acids is 2. The molecule has 422 valence electrons. The van der Waals surface area contributed by atoms with Gasteiger partial charge in [0.15, 0.2) is 0 Å². The van der Waals surface area contributed by atoms with Crippen LogP contribution in [0.5, 0.6) is 0 Å². The highest BCUT2D eigenvalue weighted by atomic mass is 16.5. The first-order valence-electron chi connectivity index (χ1n) is 32.4. The highest BCUT2D eigenvalue weighted by Crippen LogP contribution is 2.18. The van der Waals surface area contributed by atoms with E-state index in [-0.39, 0.29) is 18.5 Å². The number of hydrogen-bond acceptors (Lipinski definition) is 5. The maximum Gasteiger partial charge on any atom is 0.305 e. The van der Waals surface area contributed by atoms with Gasteiger partial charge in [-0.1, -0.05) is 315 Å². The molecule has 0 saturated heterocycles. The van der Waals surface area contributed by atoms with Crippen LogP contribution in [-0.2, 0) is 14.3 Å². The molecule has 6 heteroatoms. The summed E-state index contributed by atoms with van der Waals surface area (Å²) in [6.07, 6.45) is 73.8. The molecule has 0 aromatic heterocycles. The second kappa shape index (κ2) is 61.1. The van der Waals surface area contributed by atoms with Crippen LogP contribution in [0.1, 0.15) is 367 Å². The van der Waals surface area contributed by atoms with Crippen LogP contribution < -0.4 is 5.32 Å². The fourth-order valence-corrected chi connectivity index (χ4v) is 10.3. The van der Waals surface area contributed by atoms with E-state index in [2.05, 4.69) is 31.3 Å². The lowest BCUT2D eigenvalue weighted by Gasteiger charge is -2.22. The van der Waals surface area contributed by atoms with Crippen molar-refractivity contribution in [2.75, 3.05) is 13.2 Å². The molecule has 71 heavy (non-hydrogen) atoms. The summed E-state index contributed by atoms with van der Waals surface area (Å²) in [6, 6.07) is -0.540. The highest BCUT2D eigenvalue weighted by Gasteiger charge is 2.20. The molecule has 0 rings (SSSR count). The van der Waals surface area contributed by atoms with Gasteiger partial charge in [0.2, 0.25) is 5.91 Å². The zero-order valence-corrected chi connectivity index (χ0v) is 48.2. The van der Waals surface area contributed by atoms with Crippen LogP contribution in [0.25, 0.3) is 0 Å². The number of unbranched alkanes of at least 4 members (excludes halogenated alkanes) is 48. The summed E-state index contributed by atoms with van der Waals surface area (Å²) in [6.45, 7) is 4.97. The number of aliphatic hydroxyl groups excluding tert-OH is 2. The van der Waals surface area contributed by atoms with Crippen LogP contribution in [0, 0.1) is 0 Å². The van der Waals surface area contributed by atoms with Crippen molar-refractivity contribution in [3.8, 4) is 0 Å². The van der Waals surface area contributed by atoms with Gasteiger partial charge < -0.3 is 20.3 Å². The number of hydrogen-bond donors (Lipinski definition) is 3. The van der Waals surface area contributed by atoms with E-state index in [1.54, 1.807) is 0 Å². The summed E-state index contributed by atoms with van der Waals surface area (Å²) in [5, 5.41) is 23.3. The zero-order valence-electron chi connectivity index (χ0n) is 48.2. The topological polar surface area (TPSA) is 95.9 Å². The van der Waals surface area contributed by atoms with Crippen LogP contribution >= 0.6 is 0 Å². The SMILES string of the molecule is CCCCCCCCC/C=C\CCCCCCCCCC(=O)OCCCCCCCCCCCCCCCCCCCCCCCCCC(=O)NC(CO)C(O)CCCCCCCCCCCCCCC. The molecule has 0 aliphatic heterocycles. The summed E-state index contributed by atoms with van der Waals surface area (Å²) in [4.78, 5) is 24.6. The third-order valence-electron chi connectivity index (χ3n) is 15.3. The number of esters is 1. The molecule has 0 aromatic rings. The Balaban J connectivity index is 3.34. The summed E-state index contributed by atoms with van der Waals surface area (Å²) in [5.41, 5.74) is 0. The van der Waals surface area contributed by atoms with Gasteiger partial charge >= 0.3 is 5.97 Å². The Hall–Kier alpha value is -1.40. The van der Waals surface area contributed by atoms with Crippen molar-refractivity contribution in [2.24, 2.45) is 0 Å². The Morgan fingerprint density at radius 3 is 1.00 bits per heavy atom. The van der Waals surface area contributed by atoms with Crippen LogP contribution in [0.3, 0.4) is 0 Å². The van der Waals surface area contributed by atoms with Gasteiger partial charge in [-0.2, -0.15) is 0 Å². The lowest BCUT2D eigenvalue weighted by molar-refractivity contribution is -0.143. The molecular weight excluding hydrogens is 875 g/mol. The number of nitrogens with one attached hydrogen (secondary N) is 1. The lowest BCUT2D eigenvalue weighted by atomic mass is 10.0. The van der Waals surface area contributed by atoms with Crippen molar-refractivity contribution in [1.29, 1.82) is 0 Å². The third-order valence-corrected chi connectivity index (χ3v) is 15.3. The molecule has 0 fully saturated rings. The average Bonchev–Trinajstić information content (AvgIpc) is 3.37. The molecule has 0 heterocycles. The van der Waals surface area contributed by atoms with E-state index in [0.717, 1.165) is 44.9 Å². The molecule has 0 saturated carbocycles. The Bertz CT molecular complexity index is 1060. The standard InChI is InChI=1S/C65H127NO5/c1-3-5-7-9-11-13-15-17-18-19-28-31-35-39-43-47-51-55-59-65(70)71-60-56-52-48-44-40-36-32-29-26-24-22-20-21-23-25-27-30-34-38-42-46-50-54-58-64(69)66-62(61-67)63(68)57-53-49-45-41-37-33-16-14-12-10-8-6-4-2/h18-19,62-63,67-68H,3-17,20-61H2,1-2H3,(H,66,69)/b19-18-. The Kier molecular flexibility index (Phi) is 59.9. The normalized spacial score (nSPS) is 12.6. The molecule has 0 aliphatic rings. The quantitative estimate of drug-likeness (QED) is 0.0320. The van der Waals surface area contributed by atoms with Gasteiger partial charge in [0.25, 0.3) is 0 Å². The largest absolute Gasteiger partial charge is 0.466 e. The van der Waals surface area contributed by atoms with E-state index in [9.17, 15) is 19.8 Å². The van der Waals surface area contributed by atoms with Gasteiger partial charge in [0.1, 0.15) is 0 Å². The number of amides is 1. The molecule has 0 radical (unpaired) electrons. The molecule has 0 spiro atoms. The number of carbonyl (C=O) groups is 2. The van der Waals surface area contributed by atoms with Crippen LogP contribution in [0.15, 0.2) is 12.2 Å². The van der Waals surface area contributed by atoms with Gasteiger partial charge in [-0.25, -0.2) is 0 Å². The Morgan fingerprint density at radius 1 is 0.380 bits per heavy atom. The van der Waals surface area contributed by atoms with Crippen molar-refractivity contribution in [1.82, 2.24) is 5.32 Å². The molecule has 0 aromatic carbocycles. The van der Waals surface area contributed by atoms with E-state index < -0.39 is 12.1 Å². The van der Waals surface area contributed by atoms with E-state index in [1.807, 2.05) is 0 Å². The molecule has 0 bridgehead atoms. The minimum Gasteiger partial charge on any atom is -0.466 e. The molecule has 0 aliphatic carbocycles. The fraction of sp³-hybridized carbons (Fsp3) is 0.938. The van der Waals surface area contributed by atoms with Crippen molar-refractivity contribution < 1.29 is 24.5 Å². The first-order chi connectivity index (χ1) is 35.0. The van der Waals surface area contributed by atoms with Gasteiger partial charge in [0.05, 0.1) is 25.4 Å². The van der Waals surface area contributed by atoms with Crippen molar-refractivity contribution in [3.05, 3.63) is 12.2 Å². The maximum atomic E-state index is 12.5. The minimum atomic E-state index is -0.662. The number of allylic oxidation sites excluding steroid dienone is 2. The first-order valence-corrected chi connectivity index (χ1v) is 32.4. The third kappa shape index (κ3) is 57.7. The zero-order chi connectivity index (χ0) is 51.4. The average molecular weight is 1000 g/mol. The maximum absolute atomic E-state index is 12.5. The van der Waals surface area contributed by atoms with E-state index in [0.29, 0.717) is 25.9 Å². The van der Waals surface area contributed by atoms with E-state index in [4.69, 9.17) is 4.74 Å². The molecule has 1 amide bonds. The van der Waals surface area contributed by atoms with Crippen molar-refractivity contribution in [3.63, 3.8) is 0 Å². The van der Waals surface area contributed by atoms with Crippen molar-refractivity contribution in [2.45, 2.75) is 379 Å². The van der Waals surface area contributed by atoms with Gasteiger partial charge in [0, 0.05) is 12.8 Å². The van der Waals surface area contributed by atoms with E-state index in [1.165, 1.54) is 289 Å². The molecule has 2 unspecified atom stereocenters. The highest BCUT2D eigenvalue weighted by molar-refractivity contribution is 5.76. The van der Waals surface area contributed by atoms with Crippen LogP contribution in [0.2, 0.25) is 0 Å². The second-order valence-electron chi connectivity index (χ2n) is 22.5. The Morgan fingerprint density at radius 2 is 0.662 bits per heavy atom. The predicted molar refractivity (Wildman–Crippen MR) is 310 cm³/mol. The number of rotatable bonds is 61. The predicted octanol–water partition coefficient (Wildman–Crippen LogP) is 20.4. The number of ether oxygens (including phenoxy) is 1.